The van der Waals surface area contributed by atoms with Gasteiger partial charge in [0.25, 0.3) is 0 Å². The fourth-order valence-corrected chi connectivity index (χ4v) is 2.71. The molecule has 0 aliphatic rings. The number of hydrogen-bond acceptors (Lipinski definition) is 4. The highest BCUT2D eigenvalue weighted by Gasteiger charge is 2.05. The smallest absolute Gasteiger partial charge is 0.0998 e. The zero-order chi connectivity index (χ0) is 19.9. The monoisotopic (exact) mass is 362 g/mol. The van der Waals surface area contributed by atoms with Crippen molar-refractivity contribution in [2.75, 3.05) is 11.5 Å². The van der Waals surface area contributed by atoms with Crippen LogP contribution < -0.4 is 11.5 Å². The molecular weight excluding hydrogens is 344 g/mol. The van der Waals surface area contributed by atoms with E-state index in [-0.39, 0.29) is 0 Å². The molecule has 0 heterocycles. The summed E-state index contributed by atoms with van der Waals surface area (Å²) in [4.78, 5) is 0. The van der Waals surface area contributed by atoms with Gasteiger partial charge in [0, 0.05) is 11.4 Å². The first-order valence-electron chi connectivity index (χ1n) is 8.64. The number of nitrogens with two attached hydrogens (primary N) is 2. The summed E-state index contributed by atoms with van der Waals surface area (Å²) >= 11 is 0. The van der Waals surface area contributed by atoms with Crippen LogP contribution in [0.25, 0.3) is 23.3 Å². The zero-order valence-corrected chi connectivity index (χ0v) is 15.1. The standard InChI is InChI=1S/C24H18N4/c25-15-21(13-17-1-9-23(27)10-2-17)19-5-7-20(8-6-19)22(16-26)14-18-3-11-24(28)12-4-18/h1-14H,27-28H2. The third-order valence-corrected chi connectivity index (χ3v) is 4.24. The number of nitrogen functional groups attached to an aromatic ring is 2. The van der Waals surface area contributed by atoms with Gasteiger partial charge in [0.1, 0.15) is 0 Å². The Morgan fingerprint density at radius 2 is 0.893 bits per heavy atom. The molecule has 0 saturated heterocycles. The minimum Gasteiger partial charge on any atom is -0.399 e. The largest absolute Gasteiger partial charge is 0.399 e. The Morgan fingerprint density at radius 3 is 1.18 bits per heavy atom. The van der Waals surface area contributed by atoms with Crippen LogP contribution in [-0.2, 0) is 0 Å². The second-order valence-electron chi connectivity index (χ2n) is 6.25. The summed E-state index contributed by atoms with van der Waals surface area (Å²) in [5, 5.41) is 19.0. The van der Waals surface area contributed by atoms with Crippen LogP contribution in [0.3, 0.4) is 0 Å². The SMILES string of the molecule is N#CC(=Cc1ccc(N)cc1)c1ccc(C(C#N)=Cc2ccc(N)cc2)cc1. The normalized spacial score (nSPS) is 11.5. The number of nitriles is 2. The maximum atomic E-state index is 9.52. The van der Waals surface area contributed by atoms with Crippen molar-refractivity contribution in [2.24, 2.45) is 0 Å². The summed E-state index contributed by atoms with van der Waals surface area (Å²) in [5.74, 6) is 0. The maximum Gasteiger partial charge on any atom is 0.0998 e. The highest BCUT2D eigenvalue weighted by molar-refractivity contribution is 5.92. The Kier molecular flexibility index (Phi) is 5.55. The van der Waals surface area contributed by atoms with E-state index >= 15 is 0 Å². The lowest BCUT2D eigenvalue weighted by molar-refractivity contribution is 1.50. The minimum absolute atomic E-state index is 0.539. The van der Waals surface area contributed by atoms with Crippen molar-refractivity contribution in [3.05, 3.63) is 95.1 Å². The molecule has 3 aromatic rings. The summed E-state index contributed by atoms with van der Waals surface area (Å²) in [6, 6.07) is 26.5. The molecule has 0 spiro atoms. The molecule has 4 N–H and O–H groups in total. The van der Waals surface area contributed by atoms with E-state index in [1.54, 1.807) is 24.3 Å². The van der Waals surface area contributed by atoms with Gasteiger partial charge in [-0.15, -0.1) is 0 Å². The summed E-state index contributed by atoms with van der Waals surface area (Å²) in [6.07, 6.45) is 3.62. The summed E-state index contributed by atoms with van der Waals surface area (Å²) in [5.41, 5.74) is 17.2. The second kappa shape index (κ2) is 8.40. The van der Waals surface area contributed by atoms with E-state index in [0.29, 0.717) is 22.5 Å². The molecule has 0 radical (unpaired) electrons. The maximum absolute atomic E-state index is 9.52. The van der Waals surface area contributed by atoms with Gasteiger partial charge >= 0.3 is 0 Å². The first-order chi connectivity index (χ1) is 13.6. The third kappa shape index (κ3) is 4.46. The second-order valence-corrected chi connectivity index (χ2v) is 6.25. The lowest BCUT2D eigenvalue weighted by Crippen LogP contribution is -1.87. The zero-order valence-electron chi connectivity index (χ0n) is 15.1. The Labute approximate surface area is 164 Å². The number of benzene rings is 3. The molecule has 0 unspecified atom stereocenters. The number of hydrogen-bond donors (Lipinski definition) is 2. The molecule has 0 bridgehead atoms. The Hall–Kier alpha value is -4.28. The summed E-state index contributed by atoms with van der Waals surface area (Å²) in [7, 11) is 0. The molecule has 0 amide bonds. The average molecular weight is 362 g/mol. The predicted octanol–water partition coefficient (Wildman–Crippen LogP) is 4.98. The number of nitrogens with zero attached hydrogens (tertiary/aromatic N) is 2. The molecule has 28 heavy (non-hydrogen) atoms. The van der Waals surface area contributed by atoms with Crippen molar-refractivity contribution in [1.82, 2.24) is 0 Å². The Bertz CT molecular complexity index is 1010. The van der Waals surface area contributed by atoms with Crippen molar-refractivity contribution in [3.63, 3.8) is 0 Å². The van der Waals surface area contributed by atoms with Crippen LogP contribution >= 0.6 is 0 Å². The quantitative estimate of drug-likeness (QED) is 0.388. The molecule has 4 heteroatoms. The molecule has 0 aliphatic heterocycles. The van der Waals surface area contributed by atoms with E-state index in [9.17, 15) is 10.5 Å². The van der Waals surface area contributed by atoms with Crippen molar-refractivity contribution < 1.29 is 0 Å². The van der Waals surface area contributed by atoms with Crippen LogP contribution in [0.15, 0.2) is 72.8 Å². The molecule has 134 valence electrons. The molecule has 0 aromatic heterocycles. The van der Waals surface area contributed by atoms with Gasteiger partial charge in [0.15, 0.2) is 0 Å². The van der Waals surface area contributed by atoms with Gasteiger partial charge in [0.05, 0.1) is 23.3 Å². The van der Waals surface area contributed by atoms with Gasteiger partial charge in [-0.05, 0) is 58.7 Å². The van der Waals surface area contributed by atoms with Gasteiger partial charge in [0.2, 0.25) is 0 Å². The van der Waals surface area contributed by atoms with Gasteiger partial charge in [-0.3, -0.25) is 0 Å². The number of anilines is 2. The highest BCUT2D eigenvalue weighted by atomic mass is 14.5. The molecule has 4 nitrogen and oxygen atoms in total. The Morgan fingerprint density at radius 1 is 0.571 bits per heavy atom. The molecule has 3 rings (SSSR count). The summed E-state index contributed by atoms with van der Waals surface area (Å²) < 4.78 is 0. The van der Waals surface area contributed by atoms with Crippen molar-refractivity contribution in [2.45, 2.75) is 0 Å². The molecule has 0 fully saturated rings. The van der Waals surface area contributed by atoms with Gasteiger partial charge < -0.3 is 11.5 Å². The van der Waals surface area contributed by atoms with Crippen molar-refractivity contribution in [1.29, 1.82) is 10.5 Å². The van der Waals surface area contributed by atoms with Crippen LogP contribution in [0.5, 0.6) is 0 Å². The van der Waals surface area contributed by atoms with Crippen LogP contribution in [0.1, 0.15) is 22.3 Å². The van der Waals surface area contributed by atoms with Gasteiger partial charge in [-0.1, -0.05) is 48.5 Å². The molecular formula is C24H18N4. The van der Waals surface area contributed by atoms with E-state index < -0.39 is 0 Å². The lowest BCUT2D eigenvalue weighted by atomic mass is 9.98. The van der Waals surface area contributed by atoms with E-state index in [4.69, 9.17) is 11.5 Å². The van der Waals surface area contributed by atoms with Gasteiger partial charge in [-0.25, -0.2) is 0 Å². The van der Waals surface area contributed by atoms with Crippen molar-refractivity contribution >= 4 is 34.7 Å². The molecule has 0 saturated carbocycles. The predicted molar refractivity (Wildman–Crippen MR) is 115 cm³/mol. The van der Waals surface area contributed by atoms with Crippen LogP contribution in [0.4, 0.5) is 11.4 Å². The minimum atomic E-state index is 0.539. The lowest BCUT2D eigenvalue weighted by Gasteiger charge is -2.04. The van der Waals surface area contributed by atoms with E-state index in [2.05, 4.69) is 12.1 Å². The number of allylic oxidation sites excluding steroid dienone is 2. The van der Waals surface area contributed by atoms with E-state index in [0.717, 1.165) is 22.3 Å². The molecule has 0 atom stereocenters. The third-order valence-electron chi connectivity index (χ3n) is 4.24. The van der Waals surface area contributed by atoms with E-state index in [1.807, 2.05) is 60.7 Å². The molecule has 0 aliphatic carbocycles. The van der Waals surface area contributed by atoms with Gasteiger partial charge in [-0.2, -0.15) is 10.5 Å². The molecule has 3 aromatic carbocycles. The Balaban J connectivity index is 1.89. The average Bonchev–Trinajstić information content (AvgIpc) is 2.73. The fraction of sp³-hybridized carbons (Fsp3) is 0. The van der Waals surface area contributed by atoms with Crippen LogP contribution in [-0.4, -0.2) is 0 Å². The van der Waals surface area contributed by atoms with Crippen LogP contribution in [0.2, 0.25) is 0 Å². The van der Waals surface area contributed by atoms with E-state index in [1.165, 1.54) is 0 Å². The fourth-order valence-electron chi connectivity index (χ4n) is 2.71. The topological polar surface area (TPSA) is 99.6 Å². The summed E-state index contributed by atoms with van der Waals surface area (Å²) in [6.45, 7) is 0. The highest BCUT2D eigenvalue weighted by Crippen LogP contribution is 2.23. The first-order valence-corrected chi connectivity index (χ1v) is 8.64. The number of rotatable bonds is 4. The van der Waals surface area contributed by atoms with Crippen molar-refractivity contribution in [3.8, 4) is 12.1 Å². The van der Waals surface area contributed by atoms with Crippen LogP contribution in [0, 0.1) is 22.7 Å². The first kappa shape index (κ1) is 18.5.